The van der Waals surface area contributed by atoms with Crippen molar-refractivity contribution in [1.82, 2.24) is 5.32 Å². The summed E-state index contributed by atoms with van der Waals surface area (Å²) >= 11 is 0. The van der Waals surface area contributed by atoms with Crippen molar-refractivity contribution in [2.45, 2.75) is 20.3 Å². The van der Waals surface area contributed by atoms with Crippen molar-refractivity contribution >= 4 is 17.4 Å². The fourth-order valence-electron chi connectivity index (χ4n) is 1.26. The first-order valence-electron chi connectivity index (χ1n) is 5.05. The number of hydrogen-bond donors (Lipinski definition) is 3. The van der Waals surface area contributed by atoms with Crippen molar-refractivity contribution in [3.05, 3.63) is 23.8 Å². The fourth-order valence-corrected chi connectivity index (χ4v) is 1.26. The van der Waals surface area contributed by atoms with Crippen LogP contribution in [0.4, 0.5) is 16.2 Å². The van der Waals surface area contributed by atoms with Gasteiger partial charge >= 0.3 is 6.03 Å². The van der Waals surface area contributed by atoms with Gasteiger partial charge in [0.05, 0.1) is 11.4 Å². The molecule has 0 radical (unpaired) electrons. The molecule has 1 aromatic carbocycles. The third-order valence-corrected chi connectivity index (χ3v) is 2.08. The number of hydrogen-bond acceptors (Lipinski definition) is 2. The minimum absolute atomic E-state index is 0.210. The molecule has 0 bridgehead atoms. The van der Waals surface area contributed by atoms with E-state index in [0.29, 0.717) is 17.9 Å². The third-order valence-electron chi connectivity index (χ3n) is 2.08. The number of para-hydroxylation sites is 1. The molecule has 0 saturated carbocycles. The summed E-state index contributed by atoms with van der Waals surface area (Å²) in [7, 11) is 0. The standard InChI is InChI=1S/C11H17N3O/c1-3-7-13-11(15)14-10-8(2)5-4-6-9(10)12/h4-6H,3,7,12H2,1-2H3,(H2,13,14,15). The van der Waals surface area contributed by atoms with Crippen molar-refractivity contribution in [2.75, 3.05) is 17.6 Å². The number of amides is 2. The van der Waals surface area contributed by atoms with E-state index >= 15 is 0 Å². The topological polar surface area (TPSA) is 67.2 Å². The number of carbonyl (C=O) groups is 1. The van der Waals surface area contributed by atoms with Crippen molar-refractivity contribution in [3.8, 4) is 0 Å². The smallest absolute Gasteiger partial charge is 0.319 e. The zero-order valence-corrected chi connectivity index (χ0v) is 9.13. The van der Waals surface area contributed by atoms with Crippen LogP contribution in [0.1, 0.15) is 18.9 Å². The molecule has 0 aliphatic rings. The maximum Gasteiger partial charge on any atom is 0.319 e. The lowest BCUT2D eigenvalue weighted by molar-refractivity contribution is 0.252. The molecule has 0 atom stereocenters. The van der Waals surface area contributed by atoms with Crippen LogP contribution in [0.3, 0.4) is 0 Å². The first-order valence-corrected chi connectivity index (χ1v) is 5.05. The van der Waals surface area contributed by atoms with Gasteiger partial charge in [-0.2, -0.15) is 0 Å². The Bertz CT molecular complexity index is 329. The third kappa shape index (κ3) is 3.16. The van der Waals surface area contributed by atoms with Gasteiger partial charge in [-0.15, -0.1) is 0 Å². The Labute approximate surface area is 89.9 Å². The molecule has 4 N–H and O–H groups in total. The van der Waals surface area contributed by atoms with E-state index < -0.39 is 0 Å². The number of rotatable bonds is 3. The number of carbonyl (C=O) groups excluding carboxylic acids is 1. The minimum Gasteiger partial charge on any atom is -0.397 e. The second-order valence-corrected chi connectivity index (χ2v) is 3.42. The van der Waals surface area contributed by atoms with Crippen LogP contribution in [-0.4, -0.2) is 12.6 Å². The van der Waals surface area contributed by atoms with Crippen LogP contribution in [0.25, 0.3) is 0 Å². The number of urea groups is 1. The van der Waals surface area contributed by atoms with E-state index in [1.165, 1.54) is 0 Å². The Morgan fingerprint density at radius 3 is 2.80 bits per heavy atom. The average Bonchev–Trinajstić information content (AvgIpc) is 2.21. The van der Waals surface area contributed by atoms with Gasteiger partial charge in [-0.25, -0.2) is 4.79 Å². The molecule has 4 heteroatoms. The van der Waals surface area contributed by atoms with Crippen LogP contribution in [0.5, 0.6) is 0 Å². The lowest BCUT2D eigenvalue weighted by Crippen LogP contribution is -2.29. The molecule has 4 nitrogen and oxygen atoms in total. The SMILES string of the molecule is CCCNC(=O)Nc1c(C)cccc1N. The Morgan fingerprint density at radius 1 is 1.47 bits per heavy atom. The summed E-state index contributed by atoms with van der Waals surface area (Å²) in [6.45, 7) is 4.58. The molecule has 1 rings (SSSR count). The van der Waals surface area contributed by atoms with Gasteiger partial charge in [0.15, 0.2) is 0 Å². The highest BCUT2D eigenvalue weighted by atomic mass is 16.2. The van der Waals surface area contributed by atoms with E-state index in [0.717, 1.165) is 12.0 Å². The lowest BCUT2D eigenvalue weighted by atomic mass is 10.2. The Kier molecular flexibility index (Phi) is 3.97. The van der Waals surface area contributed by atoms with E-state index in [1.807, 2.05) is 26.0 Å². The van der Waals surface area contributed by atoms with Gasteiger partial charge in [0.2, 0.25) is 0 Å². The molecule has 0 aromatic heterocycles. The average molecular weight is 207 g/mol. The molecule has 0 spiro atoms. The number of nitrogen functional groups attached to an aromatic ring is 1. The van der Waals surface area contributed by atoms with Crippen molar-refractivity contribution in [3.63, 3.8) is 0 Å². The number of nitrogens with one attached hydrogen (secondary N) is 2. The number of anilines is 2. The molecular weight excluding hydrogens is 190 g/mol. The van der Waals surface area contributed by atoms with E-state index in [4.69, 9.17) is 5.73 Å². The maximum atomic E-state index is 11.4. The number of nitrogens with two attached hydrogens (primary N) is 1. The first kappa shape index (κ1) is 11.4. The van der Waals surface area contributed by atoms with Gasteiger partial charge in [-0.1, -0.05) is 19.1 Å². The molecule has 2 amide bonds. The van der Waals surface area contributed by atoms with Gasteiger partial charge in [0.1, 0.15) is 0 Å². The zero-order chi connectivity index (χ0) is 11.3. The highest BCUT2D eigenvalue weighted by molar-refractivity contribution is 5.93. The van der Waals surface area contributed by atoms with Gasteiger partial charge in [0.25, 0.3) is 0 Å². The normalized spacial score (nSPS) is 9.73. The quantitative estimate of drug-likeness (QED) is 0.664. The van der Waals surface area contributed by atoms with Crippen LogP contribution in [0, 0.1) is 6.92 Å². The predicted octanol–water partition coefficient (Wildman–Crippen LogP) is 2.11. The molecule has 0 fully saturated rings. The molecule has 82 valence electrons. The molecular formula is C11H17N3O. The molecule has 0 aliphatic heterocycles. The van der Waals surface area contributed by atoms with Crippen molar-refractivity contribution in [1.29, 1.82) is 0 Å². The van der Waals surface area contributed by atoms with E-state index in [2.05, 4.69) is 10.6 Å². The summed E-state index contributed by atoms with van der Waals surface area (Å²) in [4.78, 5) is 11.4. The van der Waals surface area contributed by atoms with E-state index in [-0.39, 0.29) is 6.03 Å². The number of benzene rings is 1. The molecule has 15 heavy (non-hydrogen) atoms. The van der Waals surface area contributed by atoms with Crippen LogP contribution in [-0.2, 0) is 0 Å². The van der Waals surface area contributed by atoms with Gasteiger partial charge in [-0.3, -0.25) is 0 Å². The fraction of sp³-hybridized carbons (Fsp3) is 0.364. The number of aryl methyl sites for hydroxylation is 1. The second kappa shape index (κ2) is 5.24. The van der Waals surface area contributed by atoms with E-state index in [9.17, 15) is 4.79 Å². The summed E-state index contributed by atoms with van der Waals surface area (Å²) in [5.74, 6) is 0. The lowest BCUT2D eigenvalue weighted by Gasteiger charge is -2.11. The molecule has 0 heterocycles. The van der Waals surface area contributed by atoms with E-state index in [1.54, 1.807) is 6.07 Å². The van der Waals surface area contributed by atoms with Crippen LogP contribution >= 0.6 is 0 Å². The summed E-state index contributed by atoms with van der Waals surface area (Å²) in [5, 5.41) is 5.47. The van der Waals surface area contributed by atoms with Crippen molar-refractivity contribution < 1.29 is 4.79 Å². The maximum absolute atomic E-state index is 11.4. The zero-order valence-electron chi connectivity index (χ0n) is 9.13. The van der Waals surface area contributed by atoms with Gasteiger partial charge in [-0.05, 0) is 25.0 Å². The molecule has 0 saturated heterocycles. The monoisotopic (exact) mass is 207 g/mol. The summed E-state index contributed by atoms with van der Waals surface area (Å²) in [5.41, 5.74) is 7.99. The van der Waals surface area contributed by atoms with Crippen molar-refractivity contribution in [2.24, 2.45) is 0 Å². The molecule has 1 aromatic rings. The second-order valence-electron chi connectivity index (χ2n) is 3.42. The van der Waals surface area contributed by atoms with Crippen LogP contribution in [0.15, 0.2) is 18.2 Å². The summed E-state index contributed by atoms with van der Waals surface area (Å²) < 4.78 is 0. The minimum atomic E-state index is -0.210. The highest BCUT2D eigenvalue weighted by Gasteiger charge is 2.05. The summed E-state index contributed by atoms with van der Waals surface area (Å²) in [6, 6.07) is 5.33. The Morgan fingerprint density at radius 2 is 2.20 bits per heavy atom. The predicted molar refractivity (Wildman–Crippen MR) is 62.9 cm³/mol. The summed E-state index contributed by atoms with van der Waals surface area (Å²) in [6.07, 6.45) is 0.913. The Hall–Kier alpha value is -1.71. The van der Waals surface area contributed by atoms with Crippen LogP contribution < -0.4 is 16.4 Å². The van der Waals surface area contributed by atoms with Gasteiger partial charge in [0, 0.05) is 6.54 Å². The Balaban J connectivity index is 2.68. The molecule has 0 aliphatic carbocycles. The van der Waals surface area contributed by atoms with Gasteiger partial charge < -0.3 is 16.4 Å². The van der Waals surface area contributed by atoms with Crippen LogP contribution in [0.2, 0.25) is 0 Å². The molecule has 0 unspecified atom stereocenters. The highest BCUT2D eigenvalue weighted by Crippen LogP contribution is 2.21. The largest absolute Gasteiger partial charge is 0.397 e. The first-order chi connectivity index (χ1) is 7.15.